The van der Waals surface area contributed by atoms with E-state index < -0.39 is 0 Å². The Morgan fingerprint density at radius 2 is 1.74 bits per heavy atom. The maximum Gasteiger partial charge on any atom is 0.248 e. The van der Waals surface area contributed by atoms with Crippen LogP contribution >= 0.6 is 0 Å². The van der Waals surface area contributed by atoms with Crippen LogP contribution in [0.2, 0.25) is 0 Å². The molecular weight excluding hydrogens is 434 g/mol. The number of carbonyl (C=O) groups is 1. The van der Waals surface area contributed by atoms with Gasteiger partial charge < -0.3 is 24.3 Å². The van der Waals surface area contributed by atoms with Gasteiger partial charge in [-0.05, 0) is 61.1 Å². The lowest BCUT2D eigenvalue weighted by Gasteiger charge is -2.32. The second-order valence-corrected chi connectivity index (χ2v) is 8.59. The van der Waals surface area contributed by atoms with E-state index >= 15 is 0 Å². The summed E-state index contributed by atoms with van der Waals surface area (Å²) in [5.74, 6) is 2.82. The number of anilines is 1. The Morgan fingerprint density at radius 3 is 2.44 bits per heavy atom. The number of rotatable bonds is 10. The van der Waals surface area contributed by atoms with E-state index in [1.54, 1.807) is 39.7 Å². The number of hydrogen-bond donors (Lipinski definition) is 1. The lowest BCUT2D eigenvalue weighted by molar-refractivity contribution is -0.122. The van der Waals surface area contributed by atoms with E-state index in [0.29, 0.717) is 47.8 Å². The highest BCUT2D eigenvalue weighted by molar-refractivity contribution is 5.95. The Morgan fingerprint density at radius 1 is 1.03 bits per heavy atom. The van der Waals surface area contributed by atoms with Crippen molar-refractivity contribution in [3.8, 4) is 23.0 Å². The van der Waals surface area contributed by atoms with Gasteiger partial charge in [-0.25, -0.2) is 0 Å². The van der Waals surface area contributed by atoms with E-state index in [1.165, 1.54) is 0 Å². The molecule has 0 saturated carbocycles. The summed E-state index contributed by atoms with van der Waals surface area (Å²) in [6, 6.07) is 10.7. The van der Waals surface area contributed by atoms with Crippen molar-refractivity contribution in [3.63, 3.8) is 0 Å². The summed E-state index contributed by atoms with van der Waals surface area (Å²) in [6.45, 7) is 5.44. The summed E-state index contributed by atoms with van der Waals surface area (Å²) >= 11 is 0. The third-order valence-electron chi connectivity index (χ3n) is 5.54. The highest BCUT2D eigenvalue weighted by atomic mass is 16.5. The molecule has 8 heteroatoms. The minimum atomic E-state index is -0.354. The molecule has 0 aliphatic carbocycles. The molecule has 1 heterocycles. The second-order valence-electron chi connectivity index (χ2n) is 8.59. The minimum absolute atomic E-state index is 0.0934. The number of hydrogen-bond acceptors (Lipinski definition) is 7. The molecule has 1 amide bonds. The van der Waals surface area contributed by atoms with Crippen molar-refractivity contribution >= 4 is 17.8 Å². The van der Waals surface area contributed by atoms with Gasteiger partial charge in [-0.1, -0.05) is 13.8 Å². The van der Waals surface area contributed by atoms with Gasteiger partial charge in [0.2, 0.25) is 5.91 Å². The first-order chi connectivity index (χ1) is 16.4. The standard InChI is InChI=1S/C26H35N3O5/c1-18(2)17-34-25-15-20(10-12-23(25)32-4)28-26(30)21-8-6-7-13-29(21)27-16-19-9-11-22(31-3)24(14-19)33-5/h9-12,14-16,18,21H,6-8,13,17H2,1-5H3,(H,28,30)/b27-16-/t21-/m1/s1. The van der Waals surface area contributed by atoms with Crippen LogP contribution in [0.5, 0.6) is 23.0 Å². The molecule has 3 rings (SSSR count). The maximum atomic E-state index is 13.2. The van der Waals surface area contributed by atoms with Crippen LogP contribution in [0.4, 0.5) is 5.69 Å². The van der Waals surface area contributed by atoms with E-state index in [0.717, 1.165) is 24.8 Å². The summed E-state index contributed by atoms with van der Waals surface area (Å²) in [4.78, 5) is 13.2. The average Bonchev–Trinajstić information content (AvgIpc) is 2.86. The number of ether oxygens (including phenoxy) is 4. The zero-order valence-corrected chi connectivity index (χ0v) is 20.7. The topological polar surface area (TPSA) is 81.6 Å². The highest BCUT2D eigenvalue weighted by Gasteiger charge is 2.28. The Kier molecular flexibility index (Phi) is 9.01. The lowest BCUT2D eigenvalue weighted by Crippen LogP contribution is -2.44. The summed E-state index contributed by atoms with van der Waals surface area (Å²) in [6.07, 6.45) is 4.45. The molecule has 34 heavy (non-hydrogen) atoms. The lowest BCUT2D eigenvalue weighted by atomic mass is 10.0. The summed E-state index contributed by atoms with van der Waals surface area (Å²) in [5.41, 5.74) is 1.53. The molecule has 1 aliphatic heterocycles. The van der Waals surface area contributed by atoms with Gasteiger partial charge in [0.15, 0.2) is 23.0 Å². The van der Waals surface area contributed by atoms with Gasteiger partial charge in [-0.3, -0.25) is 9.80 Å². The summed E-state index contributed by atoms with van der Waals surface area (Å²) < 4.78 is 21.9. The number of nitrogens with zero attached hydrogens (tertiary/aromatic N) is 2. The van der Waals surface area contributed by atoms with Crippen molar-refractivity contribution in [2.75, 3.05) is 39.8 Å². The number of methoxy groups -OCH3 is 3. The monoisotopic (exact) mass is 469 g/mol. The van der Waals surface area contributed by atoms with E-state index in [1.807, 2.05) is 29.3 Å². The maximum absolute atomic E-state index is 13.2. The minimum Gasteiger partial charge on any atom is -0.493 e. The molecule has 184 valence electrons. The van der Waals surface area contributed by atoms with Crippen LogP contribution in [0.15, 0.2) is 41.5 Å². The van der Waals surface area contributed by atoms with E-state index in [9.17, 15) is 4.79 Å². The van der Waals surface area contributed by atoms with E-state index in [4.69, 9.17) is 18.9 Å². The summed E-state index contributed by atoms with van der Waals surface area (Å²) in [5, 5.41) is 9.51. The molecule has 2 aromatic rings. The van der Waals surface area contributed by atoms with Crippen molar-refractivity contribution in [1.29, 1.82) is 0 Å². The van der Waals surface area contributed by atoms with Crippen LogP contribution < -0.4 is 24.3 Å². The van der Waals surface area contributed by atoms with Crippen LogP contribution in [-0.4, -0.2) is 57.7 Å². The smallest absolute Gasteiger partial charge is 0.248 e. The van der Waals surface area contributed by atoms with Crippen LogP contribution in [0.1, 0.15) is 38.7 Å². The van der Waals surface area contributed by atoms with Crippen LogP contribution in [0.25, 0.3) is 0 Å². The molecule has 1 atom stereocenters. The van der Waals surface area contributed by atoms with Crippen molar-refractivity contribution in [2.24, 2.45) is 11.0 Å². The van der Waals surface area contributed by atoms with E-state index in [2.05, 4.69) is 24.3 Å². The van der Waals surface area contributed by atoms with Gasteiger partial charge in [0.25, 0.3) is 0 Å². The Hall–Kier alpha value is -3.42. The summed E-state index contributed by atoms with van der Waals surface area (Å²) in [7, 11) is 4.80. The first-order valence-electron chi connectivity index (χ1n) is 11.6. The number of piperidine rings is 1. The van der Waals surface area contributed by atoms with Gasteiger partial charge in [0.1, 0.15) is 6.04 Å². The van der Waals surface area contributed by atoms with Crippen LogP contribution in [-0.2, 0) is 4.79 Å². The van der Waals surface area contributed by atoms with Crippen LogP contribution in [0, 0.1) is 5.92 Å². The zero-order valence-electron chi connectivity index (χ0n) is 20.7. The van der Waals surface area contributed by atoms with Crippen LogP contribution in [0.3, 0.4) is 0 Å². The fourth-order valence-electron chi connectivity index (χ4n) is 3.74. The van der Waals surface area contributed by atoms with Crippen molar-refractivity contribution in [1.82, 2.24) is 5.01 Å². The molecule has 8 nitrogen and oxygen atoms in total. The molecule has 1 N–H and O–H groups in total. The quantitative estimate of drug-likeness (QED) is 0.513. The normalized spacial score (nSPS) is 15.9. The zero-order chi connectivity index (χ0) is 24.5. The first-order valence-corrected chi connectivity index (χ1v) is 11.6. The molecule has 0 aromatic heterocycles. The number of amides is 1. The Bertz CT molecular complexity index is 992. The van der Waals surface area contributed by atoms with Gasteiger partial charge >= 0.3 is 0 Å². The third kappa shape index (κ3) is 6.56. The fraction of sp³-hybridized carbons (Fsp3) is 0.462. The molecule has 0 spiro atoms. The molecule has 0 bridgehead atoms. The van der Waals surface area contributed by atoms with E-state index in [-0.39, 0.29) is 11.9 Å². The van der Waals surface area contributed by atoms with Crippen molar-refractivity contribution in [2.45, 2.75) is 39.2 Å². The molecular formula is C26H35N3O5. The predicted molar refractivity (Wildman–Crippen MR) is 133 cm³/mol. The van der Waals surface area contributed by atoms with Gasteiger partial charge in [0.05, 0.1) is 34.2 Å². The van der Waals surface area contributed by atoms with Gasteiger partial charge in [-0.2, -0.15) is 5.10 Å². The number of carbonyl (C=O) groups excluding carboxylic acids is 1. The fourth-order valence-corrected chi connectivity index (χ4v) is 3.74. The molecule has 1 aliphatic rings. The SMILES string of the molecule is COc1ccc(/C=N\N2CCCC[C@@H]2C(=O)Nc2ccc(OC)c(OCC(C)C)c2)cc1OC. The van der Waals surface area contributed by atoms with Gasteiger partial charge in [0, 0.05) is 18.3 Å². The molecule has 1 saturated heterocycles. The molecule has 0 unspecified atom stereocenters. The first kappa shape index (κ1) is 25.2. The number of hydrazone groups is 1. The Labute approximate surface area is 201 Å². The molecule has 0 radical (unpaired) electrons. The van der Waals surface area contributed by atoms with Crippen molar-refractivity contribution < 1.29 is 23.7 Å². The predicted octanol–water partition coefficient (Wildman–Crippen LogP) is 4.57. The average molecular weight is 470 g/mol. The third-order valence-corrected chi connectivity index (χ3v) is 5.54. The molecule has 1 fully saturated rings. The number of benzene rings is 2. The second kappa shape index (κ2) is 12.2. The largest absolute Gasteiger partial charge is 0.493 e. The number of nitrogens with one attached hydrogen (secondary N) is 1. The van der Waals surface area contributed by atoms with Gasteiger partial charge in [-0.15, -0.1) is 0 Å². The van der Waals surface area contributed by atoms with Crippen molar-refractivity contribution in [3.05, 3.63) is 42.0 Å². The Balaban J connectivity index is 1.72. The highest BCUT2D eigenvalue weighted by Crippen LogP contribution is 2.31. The molecule has 2 aromatic carbocycles.